The molecule has 0 radical (unpaired) electrons. The third-order valence-corrected chi connectivity index (χ3v) is 5.39. The van der Waals surface area contributed by atoms with Gasteiger partial charge in [-0.3, -0.25) is 4.79 Å². The maximum atomic E-state index is 12.9. The highest BCUT2D eigenvalue weighted by Gasteiger charge is 2.38. The summed E-state index contributed by atoms with van der Waals surface area (Å²) in [5.41, 5.74) is 0.940. The average molecular weight is 407 g/mol. The molecule has 2 N–H and O–H groups in total. The van der Waals surface area contributed by atoms with E-state index in [4.69, 9.17) is 0 Å². The van der Waals surface area contributed by atoms with Crippen LogP contribution in [0.4, 0.5) is 13.2 Å². The number of carbonyl (C=O) groups is 1. The van der Waals surface area contributed by atoms with Crippen molar-refractivity contribution in [3.8, 4) is 11.3 Å². The third kappa shape index (κ3) is 4.83. The minimum atomic E-state index is -4.37. The summed E-state index contributed by atoms with van der Waals surface area (Å²) >= 11 is 0. The number of alkyl halides is 3. The van der Waals surface area contributed by atoms with Gasteiger partial charge in [0.15, 0.2) is 0 Å². The first-order valence-electron chi connectivity index (χ1n) is 9.71. The number of rotatable bonds is 3. The maximum Gasteiger partial charge on any atom is 0.416 e. The highest BCUT2D eigenvalue weighted by atomic mass is 19.4. The van der Waals surface area contributed by atoms with E-state index in [1.54, 1.807) is 23.7 Å². The fourth-order valence-corrected chi connectivity index (χ4v) is 4.54. The van der Waals surface area contributed by atoms with Crippen molar-refractivity contribution in [3.63, 3.8) is 0 Å². The zero-order valence-corrected chi connectivity index (χ0v) is 17.4. The van der Waals surface area contributed by atoms with E-state index in [2.05, 4.69) is 38.3 Å². The lowest BCUT2D eigenvalue weighted by Gasteiger charge is -2.46. The zero-order chi connectivity index (χ0) is 21.6. The van der Waals surface area contributed by atoms with Gasteiger partial charge in [-0.1, -0.05) is 12.1 Å². The maximum absolute atomic E-state index is 12.9. The topological polar surface area (TPSA) is 46.1 Å². The molecule has 0 bridgehead atoms. The molecule has 1 aliphatic heterocycles. The standard InChI is InChI=1S/C22H28F3N3O/c1-20(2)12-16(13-21(3,4)27-20)26-19(29)18-11-10-17(28(18)5)14-6-8-15(9-7-14)22(23,24)25/h6-11,16,27H,12-13H2,1-5H3,(H,26,29). The molecule has 0 unspecified atom stereocenters. The van der Waals surface area contributed by atoms with Crippen LogP contribution in [0, 0.1) is 0 Å². The Bertz CT molecular complexity index is 879. The van der Waals surface area contributed by atoms with Crippen molar-refractivity contribution < 1.29 is 18.0 Å². The Hall–Kier alpha value is -2.28. The Morgan fingerprint density at radius 1 is 1.03 bits per heavy atom. The molecular weight excluding hydrogens is 379 g/mol. The number of aromatic nitrogens is 1. The Balaban J connectivity index is 1.78. The van der Waals surface area contributed by atoms with Crippen molar-refractivity contribution in [1.82, 2.24) is 15.2 Å². The number of benzene rings is 1. The molecule has 2 aromatic rings. The highest BCUT2D eigenvalue weighted by molar-refractivity contribution is 5.94. The summed E-state index contributed by atoms with van der Waals surface area (Å²) in [5.74, 6) is -0.177. The van der Waals surface area contributed by atoms with Crippen molar-refractivity contribution in [2.45, 2.75) is 63.8 Å². The Kier molecular flexibility index (Phi) is 5.32. The lowest BCUT2D eigenvalue weighted by Crippen LogP contribution is -2.62. The van der Waals surface area contributed by atoms with Crippen LogP contribution in [0.5, 0.6) is 0 Å². The van der Waals surface area contributed by atoms with Crippen molar-refractivity contribution in [2.75, 3.05) is 0 Å². The first-order chi connectivity index (χ1) is 13.3. The monoisotopic (exact) mass is 407 g/mol. The van der Waals surface area contributed by atoms with Gasteiger partial charge in [0.1, 0.15) is 5.69 Å². The second kappa shape index (κ2) is 7.20. The summed E-state index contributed by atoms with van der Waals surface area (Å²) in [6, 6.07) is 8.48. The molecule has 1 saturated heterocycles. The van der Waals surface area contributed by atoms with Crippen LogP contribution in [0.25, 0.3) is 11.3 Å². The van der Waals surface area contributed by atoms with Crippen molar-refractivity contribution in [2.24, 2.45) is 7.05 Å². The van der Waals surface area contributed by atoms with E-state index in [9.17, 15) is 18.0 Å². The van der Waals surface area contributed by atoms with Crippen LogP contribution in [0.1, 0.15) is 56.6 Å². The molecule has 1 aliphatic rings. The number of hydrogen-bond donors (Lipinski definition) is 2. The first kappa shape index (κ1) is 21.4. The number of amides is 1. The molecule has 1 aromatic carbocycles. The van der Waals surface area contributed by atoms with Crippen molar-refractivity contribution in [3.05, 3.63) is 47.7 Å². The Labute approximate surface area is 169 Å². The number of hydrogen-bond acceptors (Lipinski definition) is 2. The van der Waals surface area contributed by atoms with Crippen molar-refractivity contribution in [1.29, 1.82) is 0 Å². The van der Waals surface area contributed by atoms with E-state index in [0.717, 1.165) is 25.0 Å². The van der Waals surface area contributed by atoms with E-state index in [1.165, 1.54) is 12.1 Å². The molecule has 3 rings (SSSR count). The summed E-state index contributed by atoms with van der Waals surface area (Å²) in [4.78, 5) is 12.9. The number of carbonyl (C=O) groups excluding carboxylic acids is 1. The number of halogens is 3. The van der Waals surface area contributed by atoms with Crippen LogP contribution in [-0.4, -0.2) is 27.6 Å². The number of nitrogens with one attached hydrogen (secondary N) is 2. The summed E-state index contributed by atoms with van der Waals surface area (Å²) in [7, 11) is 1.75. The predicted molar refractivity (Wildman–Crippen MR) is 108 cm³/mol. The van der Waals surface area contributed by atoms with Gasteiger partial charge in [-0.2, -0.15) is 13.2 Å². The minimum Gasteiger partial charge on any atom is -0.348 e. The van der Waals surface area contributed by atoms with Gasteiger partial charge in [0.05, 0.1) is 5.56 Å². The molecule has 158 valence electrons. The molecule has 0 spiro atoms. The van der Waals surface area contributed by atoms with Crippen LogP contribution >= 0.6 is 0 Å². The van der Waals surface area contributed by atoms with E-state index < -0.39 is 11.7 Å². The van der Waals surface area contributed by atoms with E-state index in [-0.39, 0.29) is 23.0 Å². The largest absolute Gasteiger partial charge is 0.416 e. The molecule has 0 aliphatic carbocycles. The number of piperidine rings is 1. The molecule has 0 saturated carbocycles. The molecule has 4 nitrogen and oxygen atoms in total. The van der Waals surface area contributed by atoms with Crippen LogP contribution < -0.4 is 10.6 Å². The van der Waals surface area contributed by atoms with Crippen LogP contribution in [-0.2, 0) is 13.2 Å². The van der Waals surface area contributed by atoms with Crippen molar-refractivity contribution >= 4 is 5.91 Å². The Morgan fingerprint density at radius 2 is 1.59 bits per heavy atom. The average Bonchev–Trinajstić information content (AvgIpc) is 2.92. The Morgan fingerprint density at radius 3 is 2.10 bits per heavy atom. The van der Waals surface area contributed by atoms with E-state index in [0.29, 0.717) is 17.0 Å². The van der Waals surface area contributed by atoms with Gasteiger partial charge < -0.3 is 15.2 Å². The normalized spacial score (nSPS) is 19.2. The zero-order valence-electron chi connectivity index (χ0n) is 17.4. The molecular formula is C22H28F3N3O. The van der Waals surface area contributed by atoms with E-state index >= 15 is 0 Å². The second-order valence-electron chi connectivity index (χ2n) is 9.21. The SMILES string of the molecule is Cn1c(C(=O)NC2CC(C)(C)NC(C)(C)C2)ccc1-c1ccc(C(F)(F)F)cc1. The lowest BCUT2D eigenvalue weighted by molar-refractivity contribution is -0.137. The smallest absolute Gasteiger partial charge is 0.348 e. The van der Waals surface area contributed by atoms with Gasteiger partial charge in [-0.25, -0.2) is 0 Å². The molecule has 2 heterocycles. The minimum absolute atomic E-state index is 0.0400. The van der Waals surface area contributed by atoms with Gasteiger partial charge in [0.2, 0.25) is 0 Å². The highest BCUT2D eigenvalue weighted by Crippen LogP contribution is 2.32. The molecule has 1 amide bonds. The fraction of sp³-hybridized carbons (Fsp3) is 0.500. The second-order valence-corrected chi connectivity index (χ2v) is 9.21. The summed E-state index contributed by atoms with van der Waals surface area (Å²) in [5, 5.41) is 6.72. The van der Waals surface area contributed by atoms with Gasteiger partial charge in [-0.15, -0.1) is 0 Å². The molecule has 1 aromatic heterocycles. The quantitative estimate of drug-likeness (QED) is 0.771. The summed E-state index contributed by atoms with van der Waals surface area (Å²) in [6.07, 6.45) is -2.73. The molecule has 7 heteroatoms. The van der Waals surface area contributed by atoms with Gasteiger partial charge in [0.25, 0.3) is 5.91 Å². The fourth-order valence-electron chi connectivity index (χ4n) is 4.54. The lowest BCUT2D eigenvalue weighted by atomic mass is 9.79. The number of nitrogens with zero attached hydrogens (tertiary/aromatic N) is 1. The third-order valence-electron chi connectivity index (χ3n) is 5.39. The van der Waals surface area contributed by atoms with Crippen LogP contribution in [0.15, 0.2) is 36.4 Å². The van der Waals surface area contributed by atoms with Gasteiger partial charge in [0, 0.05) is 29.9 Å². The summed E-state index contributed by atoms with van der Waals surface area (Å²) < 4.78 is 40.1. The van der Waals surface area contributed by atoms with E-state index in [1.807, 2.05) is 0 Å². The first-order valence-corrected chi connectivity index (χ1v) is 9.71. The van der Waals surface area contributed by atoms with Gasteiger partial charge >= 0.3 is 6.18 Å². The van der Waals surface area contributed by atoms with Crippen LogP contribution in [0.2, 0.25) is 0 Å². The predicted octanol–water partition coefficient (Wildman–Crippen LogP) is 4.75. The summed E-state index contributed by atoms with van der Waals surface area (Å²) in [6.45, 7) is 8.49. The van der Waals surface area contributed by atoms with Crippen LogP contribution in [0.3, 0.4) is 0 Å². The molecule has 0 atom stereocenters. The molecule has 1 fully saturated rings. The molecule has 29 heavy (non-hydrogen) atoms. The van der Waals surface area contributed by atoms with Gasteiger partial charge in [-0.05, 0) is 70.4 Å².